The van der Waals surface area contributed by atoms with Gasteiger partial charge in [-0.15, -0.1) is 0 Å². The molecule has 0 unspecified atom stereocenters. The van der Waals surface area contributed by atoms with Crippen LogP contribution in [0, 0.1) is 0 Å². The molecule has 0 saturated carbocycles. The van der Waals surface area contributed by atoms with Crippen molar-refractivity contribution >= 4 is 23.0 Å². The zero-order valence-corrected chi connectivity index (χ0v) is 16.6. The summed E-state index contributed by atoms with van der Waals surface area (Å²) in [6.45, 7) is 1.07. The van der Waals surface area contributed by atoms with Crippen molar-refractivity contribution in [3.8, 4) is 11.5 Å². The molecule has 2 amide bonds. The van der Waals surface area contributed by atoms with Crippen LogP contribution in [0.5, 0.6) is 0 Å². The van der Waals surface area contributed by atoms with Crippen LogP contribution in [-0.4, -0.2) is 44.2 Å². The predicted octanol–water partition coefficient (Wildman–Crippen LogP) is 3.02. The van der Waals surface area contributed by atoms with E-state index in [1.807, 2.05) is 18.2 Å². The number of fused-ring (bicyclic) bond motifs is 1. The third-order valence-electron chi connectivity index (χ3n) is 5.37. The van der Waals surface area contributed by atoms with Crippen LogP contribution in [0.3, 0.4) is 0 Å². The van der Waals surface area contributed by atoms with Crippen LogP contribution in [0.15, 0.2) is 71.6 Å². The number of aromatic nitrogens is 3. The number of carbonyl (C=O) groups is 2. The number of primary amides is 1. The molecule has 4 heterocycles. The van der Waals surface area contributed by atoms with Crippen LogP contribution in [0.1, 0.15) is 33.0 Å². The van der Waals surface area contributed by atoms with E-state index in [0.717, 1.165) is 6.42 Å². The molecule has 1 aromatic carbocycles. The second kappa shape index (κ2) is 7.56. The van der Waals surface area contributed by atoms with Crippen LogP contribution < -0.4 is 5.73 Å². The minimum Gasteiger partial charge on any atom is -0.463 e. The summed E-state index contributed by atoms with van der Waals surface area (Å²) in [5.41, 5.74) is 8.84. The van der Waals surface area contributed by atoms with E-state index in [2.05, 4.69) is 28.2 Å². The molecule has 0 aliphatic carbocycles. The summed E-state index contributed by atoms with van der Waals surface area (Å²) in [4.78, 5) is 35.5. The Bertz CT molecular complexity index is 1310. The van der Waals surface area contributed by atoms with Gasteiger partial charge in [-0.3, -0.25) is 14.0 Å². The first-order valence-electron chi connectivity index (χ1n) is 9.87. The van der Waals surface area contributed by atoms with Gasteiger partial charge in [0.05, 0.1) is 6.26 Å². The molecule has 0 radical (unpaired) electrons. The van der Waals surface area contributed by atoms with Crippen LogP contribution in [0.4, 0.5) is 0 Å². The number of amides is 2. The van der Waals surface area contributed by atoms with E-state index in [4.69, 9.17) is 10.2 Å². The number of hydrogen-bond donors (Lipinski definition) is 1. The molecule has 31 heavy (non-hydrogen) atoms. The smallest absolute Gasteiger partial charge is 0.271 e. The highest BCUT2D eigenvalue weighted by atomic mass is 16.3. The monoisotopic (exact) mass is 413 g/mol. The molecule has 1 aliphatic heterocycles. The molecule has 154 valence electrons. The molecule has 0 saturated heterocycles. The Hall–Kier alpha value is -4.20. The van der Waals surface area contributed by atoms with Crippen LogP contribution in [0.25, 0.3) is 22.7 Å². The molecule has 1 aliphatic rings. The maximum atomic E-state index is 13.4. The van der Waals surface area contributed by atoms with Crippen LogP contribution in [-0.2, 0) is 0 Å². The quantitative estimate of drug-likeness (QED) is 0.553. The lowest BCUT2D eigenvalue weighted by Crippen LogP contribution is -2.35. The molecule has 5 rings (SSSR count). The van der Waals surface area contributed by atoms with Gasteiger partial charge in [-0.1, -0.05) is 36.4 Å². The summed E-state index contributed by atoms with van der Waals surface area (Å²) >= 11 is 0. The number of imidazole rings is 1. The fraction of sp³-hybridized carbons (Fsp3) is 0.130. The Kier molecular flexibility index (Phi) is 4.59. The van der Waals surface area contributed by atoms with E-state index in [9.17, 15) is 9.59 Å². The molecule has 0 atom stereocenters. The number of rotatable bonds is 4. The normalized spacial score (nSPS) is 13.9. The summed E-state index contributed by atoms with van der Waals surface area (Å²) in [7, 11) is 0. The molecule has 0 bridgehead atoms. The lowest BCUT2D eigenvalue weighted by Gasteiger charge is -2.27. The van der Waals surface area contributed by atoms with Gasteiger partial charge in [0, 0.05) is 13.1 Å². The minimum absolute atomic E-state index is 0.00681. The third kappa shape index (κ3) is 3.38. The van der Waals surface area contributed by atoms with E-state index >= 15 is 0 Å². The molecule has 4 aromatic rings. The first-order valence-corrected chi connectivity index (χ1v) is 9.87. The number of nitrogens with two attached hydrogens (primary N) is 1. The first-order chi connectivity index (χ1) is 15.1. The van der Waals surface area contributed by atoms with E-state index < -0.39 is 5.91 Å². The summed E-state index contributed by atoms with van der Waals surface area (Å²) in [5.74, 6) is -0.409. The highest BCUT2D eigenvalue weighted by Gasteiger charge is 2.25. The molecule has 8 nitrogen and oxygen atoms in total. The molecule has 8 heteroatoms. The summed E-state index contributed by atoms with van der Waals surface area (Å²) in [6.07, 6.45) is 5.75. The van der Waals surface area contributed by atoms with Crippen LogP contribution in [0.2, 0.25) is 0 Å². The van der Waals surface area contributed by atoms with Gasteiger partial charge in [-0.25, -0.2) is 9.97 Å². The van der Waals surface area contributed by atoms with E-state index in [1.54, 1.807) is 23.1 Å². The first kappa shape index (κ1) is 18.8. The van der Waals surface area contributed by atoms with Crippen LogP contribution >= 0.6 is 0 Å². The van der Waals surface area contributed by atoms with Gasteiger partial charge in [-0.05, 0) is 35.8 Å². The van der Waals surface area contributed by atoms with Crippen molar-refractivity contribution in [3.05, 3.63) is 84.1 Å². The summed E-state index contributed by atoms with van der Waals surface area (Å²) in [6, 6.07) is 15.3. The maximum Gasteiger partial charge on any atom is 0.271 e. The zero-order valence-electron chi connectivity index (χ0n) is 16.6. The fourth-order valence-electron chi connectivity index (χ4n) is 3.79. The molecule has 2 N–H and O–H groups in total. The van der Waals surface area contributed by atoms with Gasteiger partial charge in [0.15, 0.2) is 17.1 Å². The van der Waals surface area contributed by atoms with Crippen molar-refractivity contribution in [3.63, 3.8) is 0 Å². The van der Waals surface area contributed by atoms with E-state index in [0.29, 0.717) is 30.2 Å². The van der Waals surface area contributed by atoms with Crippen molar-refractivity contribution in [1.29, 1.82) is 0 Å². The van der Waals surface area contributed by atoms with E-state index in [1.165, 1.54) is 28.1 Å². The van der Waals surface area contributed by atoms with Gasteiger partial charge in [0.1, 0.15) is 17.7 Å². The average Bonchev–Trinajstić information content (AvgIpc) is 3.49. The molecular formula is C23H19N5O3. The molecular weight excluding hydrogens is 394 g/mol. The van der Waals surface area contributed by atoms with Crippen molar-refractivity contribution in [2.24, 2.45) is 5.73 Å². The SMILES string of the molecule is NC(=O)c1ncn2c(C(=O)N3CC=C(c4ccccc4)CC3)cc(-c3ccco3)nc12. The largest absolute Gasteiger partial charge is 0.463 e. The number of benzene rings is 1. The highest BCUT2D eigenvalue weighted by molar-refractivity contribution is 5.99. The standard InChI is InChI=1S/C23H19N5O3/c24-21(29)20-22-26-17(19-7-4-12-31-19)13-18(28(22)14-25-20)23(30)27-10-8-16(9-11-27)15-5-2-1-3-6-15/h1-8,12-14H,9-11H2,(H2,24,29). The summed E-state index contributed by atoms with van der Waals surface area (Å²) < 4.78 is 6.95. The Morgan fingerprint density at radius 3 is 2.61 bits per heavy atom. The Balaban J connectivity index is 1.53. The van der Waals surface area contributed by atoms with Gasteiger partial charge in [-0.2, -0.15) is 0 Å². The fourth-order valence-corrected chi connectivity index (χ4v) is 3.79. The Morgan fingerprint density at radius 1 is 1.10 bits per heavy atom. The van der Waals surface area contributed by atoms with Crippen molar-refractivity contribution in [2.75, 3.05) is 13.1 Å². The zero-order chi connectivity index (χ0) is 21.4. The second-order valence-electron chi connectivity index (χ2n) is 7.25. The number of hydrogen-bond acceptors (Lipinski definition) is 5. The van der Waals surface area contributed by atoms with Crippen molar-refractivity contribution in [2.45, 2.75) is 6.42 Å². The Labute approximate surface area is 177 Å². The average molecular weight is 413 g/mol. The number of carbonyl (C=O) groups excluding carboxylic acids is 2. The lowest BCUT2D eigenvalue weighted by atomic mass is 9.99. The number of nitrogens with zero attached hydrogens (tertiary/aromatic N) is 4. The number of furan rings is 1. The second-order valence-corrected chi connectivity index (χ2v) is 7.25. The minimum atomic E-state index is -0.710. The van der Waals surface area contributed by atoms with Gasteiger partial charge in [0.2, 0.25) is 0 Å². The third-order valence-corrected chi connectivity index (χ3v) is 5.37. The predicted molar refractivity (Wildman–Crippen MR) is 114 cm³/mol. The van der Waals surface area contributed by atoms with Gasteiger partial charge >= 0.3 is 0 Å². The lowest BCUT2D eigenvalue weighted by molar-refractivity contribution is 0.0765. The van der Waals surface area contributed by atoms with Gasteiger partial charge in [0.25, 0.3) is 11.8 Å². The van der Waals surface area contributed by atoms with Crippen molar-refractivity contribution in [1.82, 2.24) is 19.3 Å². The van der Waals surface area contributed by atoms with E-state index in [-0.39, 0.29) is 17.2 Å². The Morgan fingerprint density at radius 2 is 1.94 bits per heavy atom. The highest BCUT2D eigenvalue weighted by Crippen LogP contribution is 2.25. The molecule has 3 aromatic heterocycles. The summed E-state index contributed by atoms with van der Waals surface area (Å²) in [5, 5.41) is 0. The molecule has 0 fully saturated rings. The maximum absolute atomic E-state index is 13.4. The van der Waals surface area contributed by atoms with Crippen molar-refractivity contribution < 1.29 is 14.0 Å². The molecule has 0 spiro atoms. The topological polar surface area (TPSA) is 107 Å². The van der Waals surface area contributed by atoms with Gasteiger partial charge < -0.3 is 15.1 Å².